The first-order valence-corrected chi connectivity index (χ1v) is 15.0. The van der Waals surface area contributed by atoms with Gasteiger partial charge < -0.3 is 20.3 Å². The number of terminal acetylenes is 1. The first-order valence-electron chi connectivity index (χ1n) is 15.0. The van der Waals surface area contributed by atoms with Crippen molar-refractivity contribution in [3.05, 3.63) is 35.4 Å². The van der Waals surface area contributed by atoms with E-state index in [1.807, 2.05) is 39.0 Å². The molecular formula is C33H53N3O4. The summed E-state index contributed by atoms with van der Waals surface area (Å²) in [6.45, 7) is 15.6. The summed E-state index contributed by atoms with van der Waals surface area (Å²) in [6, 6.07) is 5.39. The summed E-state index contributed by atoms with van der Waals surface area (Å²) >= 11 is 0. The van der Waals surface area contributed by atoms with E-state index in [2.05, 4.69) is 30.4 Å². The second-order valence-electron chi connectivity index (χ2n) is 12.0. The Bertz CT molecular complexity index is 977. The van der Waals surface area contributed by atoms with Crippen LogP contribution in [0.1, 0.15) is 124 Å². The fourth-order valence-electron chi connectivity index (χ4n) is 4.70. The van der Waals surface area contributed by atoms with Crippen LogP contribution in [0.2, 0.25) is 0 Å². The van der Waals surface area contributed by atoms with Crippen molar-refractivity contribution in [3.8, 4) is 12.3 Å². The molecule has 2 N–H and O–H groups in total. The number of nitrogens with one attached hydrogen (secondary N) is 2. The van der Waals surface area contributed by atoms with Crippen LogP contribution < -0.4 is 10.6 Å². The smallest absolute Gasteiger partial charge is 0.408 e. The van der Waals surface area contributed by atoms with Gasteiger partial charge in [0.25, 0.3) is 0 Å². The van der Waals surface area contributed by atoms with Gasteiger partial charge in [0.2, 0.25) is 11.8 Å². The molecule has 0 aromatic heterocycles. The Kier molecular flexibility index (Phi) is 15.4. The number of amides is 3. The van der Waals surface area contributed by atoms with Crippen molar-refractivity contribution in [2.24, 2.45) is 5.92 Å². The predicted molar refractivity (Wildman–Crippen MR) is 163 cm³/mol. The number of benzene rings is 1. The molecule has 0 aliphatic rings. The van der Waals surface area contributed by atoms with E-state index in [-0.39, 0.29) is 23.8 Å². The van der Waals surface area contributed by atoms with Gasteiger partial charge >= 0.3 is 6.09 Å². The Balaban J connectivity index is 3.53. The maximum absolute atomic E-state index is 14.3. The van der Waals surface area contributed by atoms with Gasteiger partial charge in [0.05, 0.1) is 0 Å². The number of nitrogens with zero attached hydrogens (tertiary/aromatic N) is 1. The van der Waals surface area contributed by atoms with Gasteiger partial charge in [-0.1, -0.05) is 90.3 Å². The highest BCUT2D eigenvalue weighted by molar-refractivity contribution is 5.92. The molecule has 0 bridgehead atoms. The molecule has 1 aromatic rings. The van der Waals surface area contributed by atoms with Crippen LogP contribution in [0.3, 0.4) is 0 Å². The topological polar surface area (TPSA) is 87.7 Å². The van der Waals surface area contributed by atoms with E-state index >= 15 is 0 Å². The van der Waals surface area contributed by atoms with Crippen molar-refractivity contribution in [3.63, 3.8) is 0 Å². The van der Waals surface area contributed by atoms with E-state index in [0.29, 0.717) is 17.7 Å². The molecule has 0 aliphatic heterocycles. The zero-order chi connectivity index (χ0) is 30.3. The third-order valence-electron chi connectivity index (χ3n) is 6.72. The monoisotopic (exact) mass is 555 g/mol. The molecular weight excluding hydrogens is 502 g/mol. The first-order chi connectivity index (χ1) is 18.9. The fourth-order valence-corrected chi connectivity index (χ4v) is 4.70. The van der Waals surface area contributed by atoms with Gasteiger partial charge in [-0.3, -0.25) is 9.59 Å². The van der Waals surface area contributed by atoms with Crippen molar-refractivity contribution in [1.29, 1.82) is 0 Å². The van der Waals surface area contributed by atoms with E-state index < -0.39 is 23.8 Å². The molecule has 1 rings (SSSR count). The van der Waals surface area contributed by atoms with Crippen LogP contribution in [0.15, 0.2) is 24.3 Å². The van der Waals surface area contributed by atoms with Gasteiger partial charge in [0.1, 0.15) is 17.7 Å². The summed E-state index contributed by atoms with van der Waals surface area (Å²) in [5.74, 6) is 1.85. The molecule has 40 heavy (non-hydrogen) atoms. The molecule has 0 spiro atoms. The van der Waals surface area contributed by atoms with Crippen molar-refractivity contribution in [2.75, 3.05) is 6.54 Å². The van der Waals surface area contributed by atoms with Gasteiger partial charge in [-0.15, -0.1) is 6.42 Å². The number of rotatable bonds is 16. The van der Waals surface area contributed by atoms with Gasteiger partial charge in [-0.25, -0.2) is 4.79 Å². The van der Waals surface area contributed by atoms with Gasteiger partial charge in [0, 0.05) is 18.2 Å². The normalized spacial score (nSPS) is 13.6. The third-order valence-corrected chi connectivity index (χ3v) is 6.72. The van der Waals surface area contributed by atoms with E-state index in [1.165, 1.54) is 6.42 Å². The summed E-state index contributed by atoms with van der Waals surface area (Å²) in [7, 11) is 0. The molecule has 0 fully saturated rings. The molecule has 1 aromatic carbocycles. The standard InChI is InChI=1S/C33H53N3O4/c1-10-13-14-15-16-19-23-36(31(38)28(24(4)5)35-32(39)40-33(7,8)9)29(30(37)34-25(6)20-11-2)27-22-18-17-21-26(27)12-3/h3,17-18,21-22,24-25,28-29H,10-11,13-16,19-20,23H2,1-2,4-9H3,(H,34,37)(H,35,39). The highest BCUT2D eigenvalue weighted by Crippen LogP contribution is 2.28. The van der Waals surface area contributed by atoms with Gasteiger partial charge in [0.15, 0.2) is 0 Å². The molecule has 3 amide bonds. The lowest BCUT2D eigenvalue weighted by atomic mass is 9.95. The maximum Gasteiger partial charge on any atom is 0.408 e. The molecule has 0 radical (unpaired) electrons. The molecule has 3 atom stereocenters. The molecule has 3 unspecified atom stereocenters. The number of carbonyl (C=O) groups is 3. The number of hydrogen-bond donors (Lipinski definition) is 2. The number of unbranched alkanes of at least 4 members (excludes halogenated alkanes) is 5. The van der Waals surface area contributed by atoms with Crippen molar-refractivity contribution < 1.29 is 19.1 Å². The molecule has 7 nitrogen and oxygen atoms in total. The molecule has 0 aliphatic carbocycles. The summed E-state index contributed by atoms with van der Waals surface area (Å²) in [5, 5.41) is 5.89. The van der Waals surface area contributed by atoms with Crippen LogP contribution in [-0.2, 0) is 14.3 Å². The zero-order valence-corrected chi connectivity index (χ0v) is 26.1. The Hall–Kier alpha value is -3.01. The van der Waals surface area contributed by atoms with Crippen molar-refractivity contribution in [2.45, 2.75) is 130 Å². The Labute approximate surface area is 243 Å². The maximum atomic E-state index is 14.3. The zero-order valence-electron chi connectivity index (χ0n) is 26.1. The lowest BCUT2D eigenvalue weighted by molar-refractivity contribution is -0.143. The second-order valence-corrected chi connectivity index (χ2v) is 12.0. The summed E-state index contributed by atoms with van der Waals surface area (Å²) in [6.07, 6.45) is 13.1. The lowest BCUT2D eigenvalue weighted by Crippen LogP contribution is -2.55. The molecule has 224 valence electrons. The summed E-state index contributed by atoms with van der Waals surface area (Å²) in [4.78, 5) is 42.6. The van der Waals surface area contributed by atoms with Crippen LogP contribution in [0.4, 0.5) is 4.79 Å². The van der Waals surface area contributed by atoms with Crippen LogP contribution in [0.5, 0.6) is 0 Å². The highest BCUT2D eigenvalue weighted by atomic mass is 16.6. The minimum absolute atomic E-state index is 0.0650. The Morgan fingerprint density at radius 3 is 2.15 bits per heavy atom. The third kappa shape index (κ3) is 12.0. The minimum Gasteiger partial charge on any atom is -0.444 e. The molecule has 0 saturated carbocycles. The van der Waals surface area contributed by atoms with Gasteiger partial charge in [-0.2, -0.15) is 0 Å². The van der Waals surface area contributed by atoms with Crippen LogP contribution >= 0.6 is 0 Å². The van der Waals surface area contributed by atoms with E-state index in [0.717, 1.165) is 44.9 Å². The van der Waals surface area contributed by atoms with Crippen LogP contribution in [0, 0.1) is 18.3 Å². The number of carbonyl (C=O) groups excluding carboxylic acids is 3. The van der Waals surface area contributed by atoms with Crippen LogP contribution in [0.25, 0.3) is 0 Å². The highest BCUT2D eigenvalue weighted by Gasteiger charge is 2.38. The SMILES string of the molecule is C#Cc1ccccc1C(C(=O)NC(C)CCC)N(CCCCCCCC)C(=O)C(NC(=O)OC(C)(C)C)C(C)C. The number of hydrogen-bond acceptors (Lipinski definition) is 4. The average molecular weight is 556 g/mol. The second kappa shape index (κ2) is 17.6. The van der Waals surface area contributed by atoms with Crippen molar-refractivity contribution >= 4 is 17.9 Å². The number of ether oxygens (including phenoxy) is 1. The Morgan fingerprint density at radius 1 is 0.950 bits per heavy atom. The van der Waals surface area contributed by atoms with Gasteiger partial charge in [-0.05, 0) is 58.1 Å². The largest absolute Gasteiger partial charge is 0.444 e. The van der Waals surface area contributed by atoms with E-state index in [4.69, 9.17) is 11.2 Å². The summed E-state index contributed by atoms with van der Waals surface area (Å²) in [5.41, 5.74) is 0.453. The number of alkyl carbamates (subject to hydrolysis) is 1. The average Bonchev–Trinajstić information content (AvgIpc) is 2.87. The van der Waals surface area contributed by atoms with Crippen molar-refractivity contribution in [1.82, 2.24) is 15.5 Å². The Morgan fingerprint density at radius 2 is 1.57 bits per heavy atom. The minimum atomic E-state index is -0.934. The quantitative estimate of drug-likeness (QED) is 0.174. The fraction of sp³-hybridized carbons (Fsp3) is 0.667. The van der Waals surface area contributed by atoms with Crippen LogP contribution in [-0.4, -0.2) is 47.0 Å². The first kappa shape index (κ1) is 35.0. The summed E-state index contributed by atoms with van der Waals surface area (Å²) < 4.78 is 5.47. The lowest BCUT2D eigenvalue weighted by Gasteiger charge is -2.36. The van der Waals surface area contributed by atoms with E-state index in [9.17, 15) is 14.4 Å². The predicted octanol–water partition coefficient (Wildman–Crippen LogP) is 6.75. The van der Waals surface area contributed by atoms with E-state index in [1.54, 1.807) is 31.7 Å². The molecule has 0 saturated heterocycles. The molecule has 0 heterocycles. The molecule has 7 heteroatoms.